The van der Waals surface area contributed by atoms with Crippen LogP contribution in [0, 0.1) is 0 Å². The zero-order valence-electron chi connectivity index (χ0n) is 10.2. The molecule has 0 saturated carbocycles. The van der Waals surface area contributed by atoms with Crippen LogP contribution in [0.1, 0.15) is 0 Å². The van der Waals surface area contributed by atoms with Crippen molar-refractivity contribution in [2.45, 2.75) is 0 Å². The third kappa shape index (κ3) is 2.05. The number of fused-ring (bicyclic) bond motifs is 1. The van der Waals surface area contributed by atoms with Crippen molar-refractivity contribution < 1.29 is 19.4 Å². The van der Waals surface area contributed by atoms with E-state index in [4.69, 9.17) is 9.15 Å². The van der Waals surface area contributed by atoms with Gasteiger partial charge in [-0.05, 0) is 24.3 Å². The minimum atomic E-state index is -0.380. The Hall–Kier alpha value is -2.95. The zero-order chi connectivity index (χ0) is 14.1. The SMILES string of the molecule is O=c1c(Oc2ccccc2O)coc2cc(O)ccc12. The van der Waals surface area contributed by atoms with Gasteiger partial charge < -0.3 is 19.4 Å². The van der Waals surface area contributed by atoms with E-state index in [-0.39, 0.29) is 39.4 Å². The molecule has 3 aromatic rings. The molecule has 0 unspecified atom stereocenters. The molecule has 0 radical (unpaired) electrons. The molecule has 0 saturated heterocycles. The standard InChI is InChI=1S/C15H10O5/c16-9-5-6-10-13(7-9)19-8-14(15(10)18)20-12-4-2-1-3-11(12)17/h1-8,16-17H. The van der Waals surface area contributed by atoms with Gasteiger partial charge in [0.25, 0.3) is 0 Å². The Kier molecular flexibility index (Phi) is 2.80. The Morgan fingerprint density at radius 3 is 2.60 bits per heavy atom. The molecule has 0 amide bonds. The van der Waals surface area contributed by atoms with Gasteiger partial charge in [0.2, 0.25) is 11.2 Å². The average Bonchev–Trinajstić information content (AvgIpc) is 2.44. The van der Waals surface area contributed by atoms with Gasteiger partial charge in [-0.25, -0.2) is 0 Å². The van der Waals surface area contributed by atoms with Crippen molar-refractivity contribution in [3.05, 3.63) is 59.0 Å². The molecule has 0 aliphatic heterocycles. The molecule has 1 heterocycles. The van der Waals surface area contributed by atoms with Crippen LogP contribution in [0.25, 0.3) is 11.0 Å². The number of hydrogen-bond donors (Lipinski definition) is 2. The lowest BCUT2D eigenvalue weighted by Gasteiger charge is -2.06. The minimum absolute atomic E-state index is 0.00928. The summed E-state index contributed by atoms with van der Waals surface area (Å²) in [5.74, 6) is 0.0651. The van der Waals surface area contributed by atoms with E-state index in [0.717, 1.165) is 6.26 Å². The molecule has 0 bridgehead atoms. The third-order valence-electron chi connectivity index (χ3n) is 2.81. The van der Waals surface area contributed by atoms with E-state index in [9.17, 15) is 15.0 Å². The molecule has 0 fully saturated rings. The Labute approximate surface area is 113 Å². The summed E-state index contributed by atoms with van der Waals surface area (Å²) in [6.07, 6.45) is 1.15. The van der Waals surface area contributed by atoms with E-state index in [0.29, 0.717) is 0 Å². The lowest BCUT2D eigenvalue weighted by Crippen LogP contribution is -2.04. The number of para-hydroxylation sites is 2. The first-order valence-electron chi connectivity index (χ1n) is 5.85. The summed E-state index contributed by atoms with van der Waals surface area (Å²) in [6.45, 7) is 0. The molecular weight excluding hydrogens is 260 g/mol. The molecule has 0 atom stereocenters. The van der Waals surface area contributed by atoms with Gasteiger partial charge >= 0.3 is 0 Å². The maximum absolute atomic E-state index is 12.2. The molecular formula is C15H10O5. The van der Waals surface area contributed by atoms with Crippen molar-refractivity contribution in [1.29, 1.82) is 0 Å². The second-order valence-corrected chi connectivity index (χ2v) is 4.18. The quantitative estimate of drug-likeness (QED) is 0.748. The second kappa shape index (κ2) is 4.62. The Morgan fingerprint density at radius 1 is 1.00 bits per heavy atom. The molecule has 0 aliphatic carbocycles. The van der Waals surface area contributed by atoms with E-state index >= 15 is 0 Å². The third-order valence-corrected chi connectivity index (χ3v) is 2.81. The number of ether oxygens (including phenoxy) is 1. The predicted molar refractivity (Wildman–Crippen MR) is 72.3 cm³/mol. The van der Waals surface area contributed by atoms with Crippen LogP contribution >= 0.6 is 0 Å². The monoisotopic (exact) mass is 270 g/mol. The maximum Gasteiger partial charge on any atom is 0.235 e. The number of hydrogen-bond acceptors (Lipinski definition) is 5. The van der Waals surface area contributed by atoms with Crippen molar-refractivity contribution in [3.8, 4) is 23.0 Å². The Balaban J connectivity index is 2.09. The molecule has 2 N–H and O–H groups in total. The van der Waals surface area contributed by atoms with E-state index < -0.39 is 0 Å². The van der Waals surface area contributed by atoms with Gasteiger partial charge in [0.15, 0.2) is 11.5 Å². The highest BCUT2D eigenvalue weighted by molar-refractivity contribution is 5.79. The number of phenols is 2. The van der Waals surface area contributed by atoms with Crippen molar-refractivity contribution in [2.75, 3.05) is 0 Å². The summed E-state index contributed by atoms with van der Waals surface area (Å²) in [5, 5.41) is 19.2. The highest BCUT2D eigenvalue weighted by Gasteiger charge is 2.11. The van der Waals surface area contributed by atoms with Gasteiger partial charge in [-0.2, -0.15) is 0 Å². The lowest BCUT2D eigenvalue weighted by atomic mass is 10.2. The largest absolute Gasteiger partial charge is 0.508 e. The van der Waals surface area contributed by atoms with Crippen LogP contribution in [-0.4, -0.2) is 10.2 Å². The highest BCUT2D eigenvalue weighted by Crippen LogP contribution is 2.29. The van der Waals surface area contributed by atoms with Gasteiger partial charge in [-0.1, -0.05) is 12.1 Å². The van der Waals surface area contributed by atoms with E-state index in [2.05, 4.69) is 0 Å². The zero-order valence-corrected chi connectivity index (χ0v) is 10.2. The van der Waals surface area contributed by atoms with Crippen LogP contribution in [0.15, 0.2) is 57.9 Å². The van der Waals surface area contributed by atoms with Crippen LogP contribution in [0.4, 0.5) is 0 Å². The molecule has 100 valence electrons. The lowest BCUT2D eigenvalue weighted by molar-refractivity contribution is 0.400. The van der Waals surface area contributed by atoms with E-state index in [1.807, 2.05) is 0 Å². The maximum atomic E-state index is 12.2. The first kappa shape index (κ1) is 12.1. The normalized spacial score (nSPS) is 10.6. The van der Waals surface area contributed by atoms with Crippen LogP contribution in [0.3, 0.4) is 0 Å². The van der Waals surface area contributed by atoms with Crippen LogP contribution in [0.2, 0.25) is 0 Å². The molecule has 2 aromatic carbocycles. The summed E-state index contributed by atoms with van der Waals surface area (Å²) in [6, 6.07) is 10.5. The molecule has 5 nitrogen and oxygen atoms in total. The fraction of sp³-hybridized carbons (Fsp3) is 0. The average molecular weight is 270 g/mol. The van der Waals surface area contributed by atoms with E-state index in [1.54, 1.807) is 12.1 Å². The summed E-state index contributed by atoms with van der Waals surface area (Å²) in [7, 11) is 0. The number of phenolic OH excluding ortho intramolecular Hbond substituents is 2. The smallest absolute Gasteiger partial charge is 0.235 e. The molecule has 20 heavy (non-hydrogen) atoms. The van der Waals surface area contributed by atoms with Crippen molar-refractivity contribution in [3.63, 3.8) is 0 Å². The molecule has 0 aliphatic rings. The van der Waals surface area contributed by atoms with Crippen molar-refractivity contribution in [1.82, 2.24) is 0 Å². The highest BCUT2D eigenvalue weighted by atomic mass is 16.5. The Bertz CT molecular complexity index is 835. The minimum Gasteiger partial charge on any atom is -0.508 e. The van der Waals surface area contributed by atoms with Gasteiger partial charge in [0.1, 0.15) is 17.6 Å². The fourth-order valence-corrected chi connectivity index (χ4v) is 1.83. The second-order valence-electron chi connectivity index (χ2n) is 4.18. The summed E-state index contributed by atoms with van der Waals surface area (Å²) >= 11 is 0. The molecule has 1 aromatic heterocycles. The summed E-state index contributed by atoms with van der Waals surface area (Å²) in [4.78, 5) is 12.2. The number of aromatic hydroxyl groups is 2. The molecule has 3 rings (SSSR count). The fourth-order valence-electron chi connectivity index (χ4n) is 1.83. The van der Waals surface area contributed by atoms with Gasteiger partial charge in [-0.3, -0.25) is 4.79 Å². The van der Waals surface area contributed by atoms with Crippen LogP contribution in [0.5, 0.6) is 23.0 Å². The first-order valence-corrected chi connectivity index (χ1v) is 5.85. The summed E-state index contributed by atoms with van der Waals surface area (Å²) in [5.41, 5.74) is -0.117. The van der Waals surface area contributed by atoms with Crippen molar-refractivity contribution in [2.24, 2.45) is 0 Å². The predicted octanol–water partition coefficient (Wildman–Crippen LogP) is 3.00. The first-order chi connectivity index (χ1) is 9.65. The number of benzene rings is 2. The van der Waals surface area contributed by atoms with Gasteiger partial charge in [-0.15, -0.1) is 0 Å². The number of rotatable bonds is 2. The van der Waals surface area contributed by atoms with E-state index in [1.165, 1.54) is 30.3 Å². The van der Waals surface area contributed by atoms with Crippen LogP contribution in [-0.2, 0) is 0 Å². The van der Waals surface area contributed by atoms with Crippen LogP contribution < -0.4 is 10.2 Å². The topological polar surface area (TPSA) is 79.9 Å². The van der Waals surface area contributed by atoms with Gasteiger partial charge in [0, 0.05) is 6.07 Å². The molecule has 0 spiro atoms. The summed E-state index contributed by atoms with van der Waals surface area (Å²) < 4.78 is 10.6. The van der Waals surface area contributed by atoms with Gasteiger partial charge in [0.05, 0.1) is 5.39 Å². The Morgan fingerprint density at radius 2 is 1.80 bits per heavy atom. The molecule has 5 heteroatoms. The van der Waals surface area contributed by atoms with Crippen molar-refractivity contribution >= 4 is 11.0 Å².